The van der Waals surface area contributed by atoms with Crippen molar-refractivity contribution < 1.29 is 4.74 Å². The molecule has 1 aliphatic heterocycles. The highest BCUT2D eigenvalue weighted by Crippen LogP contribution is 2.34. The number of benzene rings is 2. The van der Waals surface area contributed by atoms with Crippen molar-refractivity contribution in [2.75, 3.05) is 26.4 Å². The lowest BCUT2D eigenvalue weighted by Gasteiger charge is -2.27. The molecule has 1 heterocycles. The number of likely N-dealkylation sites (N-methyl/N-ethyl adjacent to an activating group) is 1. The molecule has 3 heteroatoms. The van der Waals surface area contributed by atoms with E-state index in [1.54, 1.807) is 7.11 Å². The Morgan fingerprint density at radius 3 is 2.55 bits per heavy atom. The largest absolute Gasteiger partial charge is 0.497 e. The minimum Gasteiger partial charge on any atom is -0.497 e. The predicted molar refractivity (Wildman–Crippen MR) is 82.9 cm³/mol. The fourth-order valence-corrected chi connectivity index (χ4v) is 2.85. The van der Waals surface area contributed by atoms with Crippen molar-refractivity contribution in [3.05, 3.63) is 47.5 Å². The molecule has 0 saturated carbocycles. The van der Waals surface area contributed by atoms with Crippen LogP contribution in [0, 0.1) is 0 Å². The molecule has 0 fully saturated rings. The molecule has 0 atom stereocenters. The van der Waals surface area contributed by atoms with Crippen molar-refractivity contribution in [1.29, 1.82) is 0 Å². The van der Waals surface area contributed by atoms with Gasteiger partial charge in [-0.3, -0.25) is 0 Å². The van der Waals surface area contributed by atoms with Crippen molar-refractivity contribution in [3.63, 3.8) is 0 Å². The third kappa shape index (κ3) is 2.25. The second kappa shape index (κ2) is 5.17. The van der Waals surface area contributed by atoms with Gasteiger partial charge in [0.25, 0.3) is 0 Å². The fourth-order valence-electron chi connectivity index (χ4n) is 2.85. The Labute approximate surface area is 120 Å². The van der Waals surface area contributed by atoms with Gasteiger partial charge >= 0.3 is 0 Å². The fraction of sp³-hybridized carbons (Fsp3) is 0.294. The summed E-state index contributed by atoms with van der Waals surface area (Å²) in [5.41, 5.74) is 12.3. The van der Waals surface area contributed by atoms with Crippen molar-refractivity contribution >= 4 is 5.69 Å². The normalized spacial score (nSPS) is 14.9. The molecule has 2 N–H and O–H groups in total. The van der Waals surface area contributed by atoms with Gasteiger partial charge in [0, 0.05) is 24.3 Å². The number of ether oxygens (including phenoxy) is 1. The molecule has 0 amide bonds. The second-order valence-corrected chi connectivity index (χ2v) is 5.38. The Hall–Kier alpha value is -2.00. The second-order valence-electron chi connectivity index (χ2n) is 5.38. The number of anilines is 1. The minimum absolute atomic E-state index is 0.868. The van der Waals surface area contributed by atoms with Crippen molar-refractivity contribution in [2.24, 2.45) is 0 Å². The summed E-state index contributed by atoms with van der Waals surface area (Å²) >= 11 is 0. The van der Waals surface area contributed by atoms with Gasteiger partial charge in [-0.05, 0) is 42.3 Å². The van der Waals surface area contributed by atoms with Crippen LogP contribution in [0.4, 0.5) is 5.69 Å². The van der Waals surface area contributed by atoms with E-state index in [1.807, 2.05) is 12.1 Å². The third-order valence-corrected chi connectivity index (χ3v) is 4.04. The zero-order chi connectivity index (χ0) is 14.1. The van der Waals surface area contributed by atoms with Crippen molar-refractivity contribution in [1.82, 2.24) is 4.90 Å². The molecule has 0 radical (unpaired) electrons. The smallest absolute Gasteiger partial charge is 0.118 e. The molecule has 0 bridgehead atoms. The van der Waals surface area contributed by atoms with Gasteiger partial charge in [-0.25, -0.2) is 0 Å². The topological polar surface area (TPSA) is 38.5 Å². The van der Waals surface area contributed by atoms with Crippen LogP contribution >= 0.6 is 0 Å². The van der Waals surface area contributed by atoms with E-state index in [4.69, 9.17) is 10.5 Å². The van der Waals surface area contributed by atoms with E-state index in [-0.39, 0.29) is 0 Å². The Morgan fingerprint density at radius 2 is 1.85 bits per heavy atom. The van der Waals surface area contributed by atoms with Crippen LogP contribution in [0.2, 0.25) is 0 Å². The summed E-state index contributed by atoms with van der Waals surface area (Å²) in [6, 6.07) is 12.4. The molecule has 0 aromatic heterocycles. The Kier molecular flexibility index (Phi) is 3.36. The first-order valence-corrected chi connectivity index (χ1v) is 6.92. The zero-order valence-corrected chi connectivity index (χ0v) is 12.0. The molecule has 0 aliphatic carbocycles. The number of nitrogen functional groups attached to an aromatic ring is 1. The van der Waals surface area contributed by atoms with Crippen LogP contribution < -0.4 is 10.5 Å². The summed E-state index contributed by atoms with van der Waals surface area (Å²) in [7, 11) is 3.83. The predicted octanol–water partition coefficient (Wildman–Crippen LogP) is 2.93. The summed E-state index contributed by atoms with van der Waals surface area (Å²) in [6.45, 7) is 2.06. The number of hydrogen-bond donors (Lipinski definition) is 1. The Morgan fingerprint density at radius 1 is 1.10 bits per heavy atom. The average Bonchev–Trinajstić information content (AvgIpc) is 2.48. The van der Waals surface area contributed by atoms with Crippen LogP contribution in [0.5, 0.6) is 5.75 Å². The average molecular weight is 268 g/mol. The van der Waals surface area contributed by atoms with Gasteiger partial charge in [0.05, 0.1) is 7.11 Å². The monoisotopic (exact) mass is 268 g/mol. The summed E-state index contributed by atoms with van der Waals surface area (Å²) in [6.07, 6.45) is 1.03. The highest BCUT2D eigenvalue weighted by atomic mass is 16.5. The van der Waals surface area contributed by atoms with Crippen molar-refractivity contribution in [3.8, 4) is 16.9 Å². The molecule has 2 aromatic rings. The van der Waals surface area contributed by atoms with E-state index in [9.17, 15) is 0 Å². The maximum Gasteiger partial charge on any atom is 0.118 e. The SMILES string of the molecule is COc1ccc(-c2ccc3c(c2N)CCN(C)C3)cc1. The molecule has 104 valence electrons. The van der Waals surface area contributed by atoms with Crippen LogP contribution in [0.3, 0.4) is 0 Å². The summed E-state index contributed by atoms with van der Waals surface area (Å²) < 4.78 is 5.20. The highest BCUT2D eigenvalue weighted by Gasteiger charge is 2.17. The first-order valence-electron chi connectivity index (χ1n) is 6.92. The van der Waals surface area contributed by atoms with E-state index in [2.05, 4.69) is 36.2 Å². The van der Waals surface area contributed by atoms with E-state index in [1.165, 1.54) is 11.1 Å². The Bertz CT molecular complexity index is 620. The van der Waals surface area contributed by atoms with Crippen LogP contribution in [0.15, 0.2) is 36.4 Å². The number of rotatable bonds is 2. The standard InChI is InChI=1S/C17H20N2O/c1-19-10-9-16-13(11-19)5-8-15(17(16)18)12-3-6-14(20-2)7-4-12/h3-8H,9-11,18H2,1-2H3. The maximum atomic E-state index is 6.40. The molecule has 3 nitrogen and oxygen atoms in total. The third-order valence-electron chi connectivity index (χ3n) is 4.04. The first kappa shape index (κ1) is 13.0. The van der Waals surface area contributed by atoms with Gasteiger partial charge in [-0.1, -0.05) is 24.3 Å². The quantitative estimate of drug-likeness (QED) is 0.851. The van der Waals surface area contributed by atoms with Crippen LogP contribution in [0.25, 0.3) is 11.1 Å². The summed E-state index contributed by atoms with van der Waals surface area (Å²) in [4.78, 5) is 2.33. The number of fused-ring (bicyclic) bond motifs is 1. The lowest BCUT2D eigenvalue weighted by Crippen LogP contribution is -2.27. The van der Waals surface area contributed by atoms with E-state index < -0.39 is 0 Å². The molecule has 2 aromatic carbocycles. The molecule has 0 spiro atoms. The van der Waals surface area contributed by atoms with Gasteiger partial charge < -0.3 is 15.4 Å². The van der Waals surface area contributed by atoms with Crippen molar-refractivity contribution in [2.45, 2.75) is 13.0 Å². The van der Waals surface area contributed by atoms with Gasteiger partial charge in [-0.15, -0.1) is 0 Å². The minimum atomic E-state index is 0.868. The lowest BCUT2D eigenvalue weighted by molar-refractivity contribution is 0.313. The highest BCUT2D eigenvalue weighted by molar-refractivity contribution is 5.80. The molecular weight excluding hydrogens is 248 g/mol. The zero-order valence-electron chi connectivity index (χ0n) is 12.0. The van der Waals surface area contributed by atoms with Crippen LogP contribution in [-0.2, 0) is 13.0 Å². The number of nitrogens with two attached hydrogens (primary N) is 1. The van der Waals surface area contributed by atoms with Gasteiger partial charge in [0.15, 0.2) is 0 Å². The Balaban J connectivity index is 2.02. The first-order chi connectivity index (χ1) is 9.69. The molecule has 3 rings (SSSR count). The molecule has 0 unspecified atom stereocenters. The maximum absolute atomic E-state index is 6.40. The van der Waals surface area contributed by atoms with Crippen LogP contribution in [-0.4, -0.2) is 25.6 Å². The summed E-state index contributed by atoms with van der Waals surface area (Å²) in [5, 5.41) is 0. The summed E-state index contributed by atoms with van der Waals surface area (Å²) in [5.74, 6) is 0.868. The van der Waals surface area contributed by atoms with Gasteiger partial charge in [0.2, 0.25) is 0 Å². The van der Waals surface area contributed by atoms with E-state index >= 15 is 0 Å². The number of methoxy groups -OCH3 is 1. The van der Waals surface area contributed by atoms with E-state index in [0.717, 1.165) is 42.1 Å². The van der Waals surface area contributed by atoms with Gasteiger partial charge in [0.1, 0.15) is 5.75 Å². The van der Waals surface area contributed by atoms with E-state index in [0.29, 0.717) is 0 Å². The molecule has 0 saturated heterocycles. The molecule has 20 heavy (non-hydrogen) atoms. The lowest BCUT2D eigenvalue weighted by atomic mass is 9.92. The van der Waals surface area contributed by atoms with Gasteiger partial charge in [-0.2, -0.15) is 0 Å². The number of hydrogen-bond acceptors (Lipinski definition) is 3. The molecular formula is C17H20N2O. The molecule has 1 aliphatic rings. The number of nitrogens with zero attached hydrogens (tertiary/aromatic N) is 1. The van der Waals surface area contributed by atoms with Crippen LogP contribution in [0.1, 0.15) is 11.1 Å².